The number of alkyl halides is 1. The molecule has 0 radical (unpaired) electrons. The first-order valence-electron chi connectivity index (χ1n) is 5.23. The maximum Gasteiger partial charge on any atom is 0.220 e. The van der Waals surface area contributed by atoms with Gasteiger partial charge in [-0.25, -0.2) is 0 Å². The molecule has 0 aromatic heterocycles. The Bertz CT molecular complexity index is 170. The van der Waals surface area contributed by atoms with Crippen molar-refractivity contribution in [2.75, 3.05) is 25.1 Å². The quantitative estimate of drug-likeness (QED) is 0.586. The highest BCUT2D eigenvalue weighted by Crippen LogP contribution is 2.10. The predicted molar refractivity (Wildman–Crippen MR) is 59.6 cm³/mol. The molecule has 0 aromatic carbocycles. The molecule has 4 heteroatoms. The lowest BCUT2D eigenvalue weighted by molar-refractivity contribution is -0.121. The molecule has 0 aliphatic carbocycles. The smallest absolute Gasteiger partial charge is 0.220 e. The number of hydrogen-bond donors (Lipinski definition) is 1. The van der Waals surface area contributed by atoms with E-state index in [0.717, 1.165) is 44.4 Å². The van der Waals surface area contributed by atoms with Gasteiger partial charge < -0.3 is 10.1 Å². The topological polar surface area (TPSA) is 38.3 Å². The average molecular weight is 264 g/mol. The Morgan fingerprint density at radius 1 is 1.50 bits per heavy atom. The summed E-state index contributed by atoms with van der Waals surface area (Å²) in [6.07, 6.45) is 3.78. The molecule has 1 rings (SSSR count). The summed E-state index contributed by atoms with van der Waals surface area (Å²) in [6.45, 7) is 2.44. The van der Waals surface area contributed by atoms with Crippen LogP contribution in [0.4, 0.5) is 0 Å². The van der Waals surface area contributed by atoms with E-state index in [4.69, 9.17) is 4.74 Å². The van der Waals surface area contributed by atoms with E-state index in [-0.39, 0.29) is 5.91 Å². The highest BCUT2D eigenvalue weighted by Gasteiger charge is 2.15. The zero-order chi connectivity index (χ0) is 10.2. The van der Waals surface area contributed by atoms with Crippen LogP contribution >= 0.6 is 15.9 Å². The molecule has 0 bridgehead atoms. The molecule has 1 fully saturated rings. The maximum atomic E-state index is 11.3. The van der Waals surface area contributed by atoms with Crippen molar-refractivity contribution < 1.29 is 9.53 Å². The molecule has 1 heterocycles. The number of nitrogens with one attached hydrogen (secondary N) is 1. The maximum absolute atomic E-state index is 11.3. The molecule has 1 aliphatic rings. The highest BCUT2D eigenvalue weighted by molar-refractivity contribution is 9.09. The van der Waals surface area contributed by atoms with Crippen molar-refractivity contribution in [1.82, 2.24) is 5.32 Å². The van der Waals surface area contributed by atoms with Crippen LogP contribution in [0.15, 0.2) is 0 Å². The molecule has 82 valence electrons. The third-order valence-electron chi connectivity index (χ3n) is 2.40. The molecule has 1 saturated heterocycles. The van der Waals surface area contributed by atoms with E-state index in [1.54, 1.807) is 0 Å². The van der Waals surface area contributed by atoms with E-state index in [1.165, 1.54) is 0 Å². The summed E-state index contributed by atoms with van der Waals surface area (Å²) in [6, 6.07) is 0. The van der Waals surface area contributed by atoms with Gasteiger partial charge in [0.1, 0.15) is 0 Å². The van der Waals surface area contributed by atoms with Crippen LogP contribution < -0.4 is 5.32 Å². The van der Waals surface area contributed by atoms with Crippen molar-refractivity contribution in [2.45, 2.75) is 25.7 Å². The first-order chi connectivity index (χ1) is 6.83. The van der Waals surface area contributed by atoms with Crippen molar-refractivity contribution >= 4 is 21.8 Å². The Labute approximate surface area is 93.7 Å². The second-order valence-electron chi connectivity index (χ2n) is 3.68. The van der Waals surface area contributed by atoms with Gasteiger partial charge in [-0.3, -0.25) is 4.79 Å². The molecule has 14 heavy (non-hydrogen) atoms. The molecule has 0 spiro atoms. The minimum absolute atomic E-state index is 0.179. The lowest BCUT2D eigenvalue weighted by Crippen LogP contribution is -2.29. The van der Waals surface area contributed by atoms with Crippen LogP contribution in [0, 0.1) is 5.92 Å². The summed E-state index contributed by atoms with van der Waals surface area (Å²) >= 11 is 3.34. The molecule has 1 unspecified atom stereocenters. The Hall–Kier alpha value is -0.0900. The second-order valence-corrected chi connectivity index (χ2v) is 4.47. The zero-order valence-electron chi connectivity index (χ0n) is 8.43. The van der Waals surface area contributed by atoms with Gasteiger partial charge in [-0.15, -0.1) is 0 Å². The fourth-order valence-electron chi connectivity index (χ4n) is 1.47. The van der Waals surface area contributed by atoms with E-state index in [1.807, 2.05) is 0 Å². The number of ether oxygens (including phenoxy) is 1. The largest absolute Gasteiger partial charge is 0.381 e. The van der Waals surface area contributed by atoms with Crippen molar-refractivity contribution in [3.63, 3.8) is 0 Å². The molecule has 1 N–H and O–H groups in total. The van der Waals surface area contributed by atoms with Gasteiger partial charge in [0.05, 0.1) is 6.61 Å². The molecule has 1 aliphatic heterocycles. The summed E-state index contributed by atoms with van der Waals surface area (Å²) < 4.78 is 5.23. The SMILES string of the molecule is O=C(CCCCBr)NCC1CCOC1. The lowest BCUT2D eigenvalue weighted by atomic mass is 10.1. The summed E-state index contributed by atoms with van der Waals surface area (Å²) in [5.41, 5.74) is 0. The third-order valence-corrected chi connectivity index (χ3v) is 2.96. The molecule has 1 amide bonds. The fourth-order valence-corrected chi connectivity index (χ4v) is 1.87. The normalized spacial score (nSPS) is 21.1. The number of carbonyl (C=O) groups is 1. The van der Waals surface area contributed by atoms with Gasteiger partial charge in [-0.1, -0.05) is 15.9 Å². The van der Waals surface area contributed by atoms with Gasteiger partial charge in [0.15, 0.2) is 0 Å². The van der Waals surface area contributed by atoms with E-state index >= 15 is 0 Å². The van der Waals surface area contributed by atoms with Crippen LogP contribution in [-0.2, 0) is 9.53 Å². The predicted octanol–water partition coefficient (Wildman–Crippen LogP) is 1.70. The number of carbonyl (C=O) groups excluding carboxylic acids is 1. The van der Waals surface area contributed by atoms with Crippen LogP contribution in [0.25, 0.3) is 0 Å². The van der Waals surface area contributed by atoms with Gasteiger partial charge in [-0.2, -0.15) is 0 Å². The number of amides is 1. The van der Waals surface area contributed by atoms with Crippen LogP contribution in [0.3, 0.4) is 0 Å². The van der Waals surface area contributed by atoms with E-state index in [0.29, 0.717) is 12.3 Å². The zero-order valence-corrected chi connectivity index (χ0v) is 10.0. The average Bonchev–Trinajstić information content (AvgIpc) is 2.68. The van der Waals surface area contributed by atoms with Crippen LogP contribution in [-0.4, -0.2) is 31.0 Å². The standard InChI is InChI=1S/C10H18BrNO2/c11-5-2-1-3-10(13)12-7-9-4-6-14-8-9/h9H,1-8H2,(H,12,13). The molecule has 1 atom stereocenters. The number of rotatable bonds is 6. The first kappa shape index (κ1) is 12.0. The Kier molecular flexibility index (Phi) is 6.19. The lowest BCUT2D eigenvalue weighted by Gasteiger charge is -2.08. The minimum Gasteiger partial charge on any atom is -0.381 e. The summed E-state index contributed by atoms with van der Waals surface area (Å²) in [7, 11) is 0. The van der Waals surface area contributed by atoms with Gasteiger partial charge >= 0.3 is 0 Å². The van der Waals surface area contributed by atoms with Crippen LogP contribution in [0.1, 0.15) is 25.7 Å². The first-order valence-corrected chi connectivity index (χ1v) is 6.35. The third kappa shape index (κ3) is 4.96. The molecule has 0 aromatic rings. The van der Waals surface area contributed by atoms with Crippen molar-refractivity contribution in [1.29, 1.82) is 0 Å². The monoisotopic (exact) mass is 263 g/mol. The van der Waals surface area contributed by atoms with Gasteiger partial charge in [-0.05, 0) is 19.3 Å². The molecule has 3 nitrogen and oxygen atoms in total. The molecule has 0 saturated carbocycles. The van der Waals surface area contributed by atoms with Gasteiger partial charge in [0, 0.05) is 30.8 Å². The summed E-state index contributed by atoms with van der Waals surface area (Å²) in [5, 5.41) is 3.93. The van der Waals surface area contributed by atoms with Crippen LogP contribution in [0.2, 0.25) is 0 Å². The Balaban J connectivity index is 1.96. The number of hydrogen-bond acceptors (Lipinski definition) is 2. The summed E-state index contributed by atoms with van der Waals surface area (Å²) in [4.78, 5) is 11.3. The van der Waals surface area contributed by atoms with E-state index in [2.05, 4.69) is 21.2 Å². The summed E-state index contributed by atoms with van der Waals surface area (Å²) in [5.74, 6) is 0.716. The van der Waals surface area contributed by atoms with Crippen molar-refractivity contribution in [3.05, 3.63) is 0 Å². The van der Waals surface area contributed by atoms with Gasteiger partial charge in [0.25, 0.3) is 0 Å². The Morgan fingerprint density at radius 3 is 3.00 bits per heavy atom. The minimum atomic E-state index is 0.179. The second kappa shape index (κ2) is 7.23. The number of halogens is 1. The van der Waals surface area contributed by atoms with Crippen LogP contribution in [0.5, 0.6) is 0 Å². The Morgan fingerprint density at radius 2 is 2.36 bits per heavy atom. The van der Waals surface area contributed by atoms with E-state index < -0.39 is 0 Å². The highest BCUT2D eigenvalue weighted by atomic mass is 79.9. The fraction of sp³-hybridized carbons (Fsp3) is 0.900. The molecular formula is C10H18BrNO2. The molecular weight excluding hydrogens is 246 g/mol. The van der Waals surface area contributed by atoms with Crippen molar-refractivity contribution in [2.24, 2.45) is 5.92 Å². The van der Waals surface area contributed by atoms with Crippen molar-refractivity contribution in [3.8, 4) is 0 Å². The number of unbranched alkanes of at least 4 members (excludes halogenated alkanes) is 1. The van der Waals surface area contributed by atoms with E-state index in [9.17, 15) is 4.79 Å². The van der Waals surface area contributed by atoms with Gasteiger partial charge in [0.2, 0.25) is 5.91 Å².